The summed E-state index contributed by atoms with van der Waals surface area (Å²) in [5, 5.41) is 0. The summed E-state index contributed by atoms with van der Waals surface area (Å²) in [4.78, 5) is 4.34. The summed E-state index contributed by atoms with van der Waals surface area (Å²) in [6, 6.07) is 11.1. The average molecular weight is 230 g/mol. The Balaban J connectivity index is 2.47. The van der Waals surface area contributed by atoms with E-state index in [1.165, 1.54) is 0 Å². The number of aromatic nitrogens is 1. The van der Waals surface area contributed by atoms with Crippen LogP contribution in [-0.4, -0.2) is 19.2 Å². The zero-order valence-electron chi connectivity index (χ0n) is 9.81. The lowest BCUT2D eigenvalue weighted by atomic mass is 10.1. The van der Waals surface area contributed by atoms with Gasteiger partial charge in [0.2, 0.25) is 5.88 Å². The minimum absolute atomic E-state index is 0.503. The van der Waals surface area contributed by atoms with Gasteiger partial charge in [0, 0.05) is 17.3 Å². The minimum Gasteiger partial charge on any atom is -0.497 e. The van der Waals surface area contributed by atoms with E-state index in [1.54, 1.807) is 26.4 Å². The van der Waals surface area contributed by atoms with Gasteiger partial charge in [-0.3, -0.25) is 0 Å². The van der Waals surface area contributed by atoms with Crippen LogP contribution in [0.25, 0.3) is 11.3 Å². The Morgan fingerprint density at radius 3 is 2.59 bits per heavy atom. The van der Waals surface area contributed by atoms with E-state index in [-0.39, 0.29) is 0 Å². The van der Waals surface area contributed by atoms with Crippen LogP contribution in [0.5, 0.6) is 11.6 Å². The van der Waals surface area contributed by atoms with Crippen LogP contribution in [0, 0.1) is 0 Å². The normalized spacial score (nSPS) is 10.0. The van der Waals surface area contributed by atoms with Crippen LogP contribution in [0.3, 0.4) is 0 Å². The Hall–Kier alpha value is -2.23. The summed E-state index contributed by atoms with van der Waals surface area (Å²) in [7, 11) is 3.20. The molecule has 1 heterocycles. The van der Waals surface area contributed by atoms with Gasteiger partial charge in [0.25, 0.3) is 0 Å². The zero-order chi connectivity index (χ0) is 12.3. The first-order chi connectivity index (χ1) is 8.22. The number of methoxy groups -OCH3 is 2. The topological polar surface area (TPSA) is 57.4 Å². The van der Waals surface area contributed by atoms with Crippen LogP contribution >= 0.6 is 0 Å². The van der Waals surface area contributed by atoms with Crippen molar-refractivity contribution in [1.29, 1.82) is 0 Å². The molecule has 2 N–H and O–H groups in total. The molecule has 0 spiro atoms. The van der Waals surface area contributed by atoms with Crippen molar-refractivity contribution in [1.82, 2.24) is 4.98 Å². The van der Waals surface area contributed by atoms with Crippen molar-refractivity contribution in [2.45, 2.75) is 0 Å². The number of rotatable bonds is 3. The third-order valence-electron chi connectivity index (χ3n) is 2.40. The van der Waals surface area contributed by atoms with Gasteiger partial charge in [-0.15, -0.1) is 0 Å². The fourth-order valence-electron chi connectivity index (χ4n) is 1.56. The van der Waals surface area contributed by atoms with Gasteiger partial charge in [-0.1, -0.05) is 12.1 Å². The highest BCUT2D eigenvalue weighted by atomic mass is 16.5. The lowest BCUT2D eigenvalue weighted by molar-refractivity contribution is 0.398. The number of hydrogen-bond acceptors (Lipinski definition) is 4. The summed E-state index contributed by atoms with van der Waals surface area (Å²) >= 11 is 0. The molecule has 1 aromatic carbocycles. The largest absolute Gasteiger partial charge is 0.497 e. The SMILES string of the molecule is COc1cccc(-c2cc(N)cc(OC)n2)c1. The van der Waals surface area contributed by atoms with Crippen molar-refractivity contribution in [2.24, 2.45) is 0 Å². The average Bonchev–Trinajstić information content (AvgIpc) is 2.38. The lowest BCUT2D eigenvalue weighted by Gasteiger charge is -2.07. The lowest BCUT2D eigenvalue weighted by Crippen LogP contribution is -1.94. The van der Waals surface area contributed by atoms with E-state index in [1.807, 2.05) is 24.3 Å². The highest BCUT2D eigenvalue weighted by Crippen LogP contribution is 2.26. The number of benzene rings is 1. The van der Waals surface area contributed by atoms with Crippen LogP contribution in [0.15, 0.2) is 36.4 Å². The van der Waals surface area contributed by atoms with Crippen LogP contribution in [0.1, 0.15) is 0 Å². The molecule has 88 valence electrons. The second-order valence-corrected chi connectivity index (χ2v) is 3.56. The van der Waals surface area contributed by atoms with E-state index >= 15 is 0 Å². The molecule has 0 aliphatic carbocycles. The summed E-state index contributed by atoms with van der Waals surface area (Å²) in [5.41, 5.74) is 8.12. The molecule has 0 amide bonds. The number of anilines is 1. The molecule has 2 rings (SSSR count). The van der Waals surface area contributed by atoms with Gasteiger partial charge in [-0.05, 0) is 18.2 Å². The summed E-state index contributed by atoms with van der Waals surface area (Å²) in [6.45, 7) is 0. The Kier molecular flexibility index (Phi) is 3.14. The number of ether oxygens (including phenoxy) is 2. The Morgan fingerprint density at radius 2 is 1.88 bits per heavy atom. The standard InChI is InChI=1S/C13H14N2O2/c1-16-11-5-3-4-9(6-11)12-7-10(14)8-13(15-12)17-2/h3-8H,1-2H3,(H2,14,15). The summed E-state index contributed by atoms with van der Waals surface area (Å²) < 4.78 is 10.3. The predicted octanol–water partition coefficient (Wildman–Crippen LogP) is 2.35. The van der Waals surface area contributed by atoms with Gasteiger partial charge in [0.05, 0.1) is 19.9 Å². The molecule has 0 radical (unpaired) electrons. The molecule has 0 fully saturated rings. The first-order valence-corrected chi connectivity index (χ1v) is 5.19. The van der Waals surface area contributed by atoms with Gasteiger partial charge in [-0.2, -0.15) is 0 Å². The third kappa shape index (κ3) is 2.47. The number of nitrogen functional groups attached to an aromatic ring is 1. The molecule has 0 bridgehead atoms. The van der Waals surface area contributed by atoms with Crippen molar-refractivity contribution in [3.05, 3.63) is 36.4 Å². The quantitative estimate of drug-likeness (QED) is 0.879. The molecular weight excluding hydrogens is 216 g/mol. The maximum Gasteiger partial charge on any atom is 0.215 e. The van der Waals surface area contributed by atoms with Gasteiger partial charge in [0.1, 0.15) is 5.75 Å². The number of hydrogen-bond donors (Lipinski definition) is 1. The van der Waals surface area contributed by atoms with Crippen molar-refractivity contribution in [3.63, 3.8) is 0 Å². The Labute approximate surface area is 100 Å². The molecule has 0 saturated carbocycles. The molecule has 0 unspecified atom stereocenters. The first-order valence-electron chi connectivity index (χ1n) is 5.19. The monoisotopic (exact) mass is 230 g/mol. The van der Waals surface area contributed by atoms with E-state index in [0.717, 1.165) is 17.0 Å². The number of pyridine rings is 1. The number of nitrogens with two attached hydrogens (primary N) is 1. The highest BCUT2D eigenvalue weighted by molar-refractivity contribution is 5.65. The Bertz CT molecular complexity index is 527. The summed E-state index contributed by atoms with van der Waals surface area (Å²) in [5.74, 6) is 1.29. The molecule has 0 aliphatic rings. The van der Waals surface area contributed by atoms with Crippen LogP contribution in [0.2, 0.25) is 0 Å². The third-order valence-corrected chi connectivity index (χ3v) is 2.40. The van der Waals surface area contributed by atoms with Crippen molar-refractivity contribution in [3.8, 4) is 22.9 Å². The molecule has 1 aromatic heterocycles. The van der Waals surface area contributed by atoms with E-state index in [9.17, 15) is 0 Å². The van der Waals surface area contributed by atoms with Gasteiger partial charge in [0.15, 0.2) is 0 Å². The van der Waals surface area contributed by atoms with E-state index < -0.39 is 0 Å². The van der Waals surface area contributed by atoms with Crippen LogP contribution in [-0.2, 0) is 0 Å². The van der Waals surface area contributed by atoms with Crippen molar-refractivity contribution >= 4 is 5.69 Å². The fraction of sp³-hybridized carbons (Fsp3) is 0.154. The van der Waals surface area contributed by atoms with E-state index in [0.29, 0.717) is 11.6 Å². The van der Waals surface area contributed by atoms with Crippen LogP contribution < -0.4 is 15.2 Å². The smallest absolute Gasteiger partial charge is 0.215 e. The van der Waals surface area contributed by atoms with Gasteiger partial charge >= 0.3 is 0 Å². The molecule has 2 aromatic rings. The molecule has 0 atom stereocenters. The maximum absolute atomic E-state index is 5.79. The van der Waals surface area contributed by atoms with Gasteiger partial charge in [-0.25, -0.2) is 4.98 Å². The maximum atomic E-state index is 5.79. The van der Waals surface area contributed by atoms with Gasteiger partial charge < -0.3 is 15.2 Å². The molecular formula is C13H14N2O2. The molecule has 0 saturated heterocycles. The molecule has 4 nitrogen and oxygen atoms in total. The van der Waals surface area contributed by atoms with Crippen molar-refractivity contribution in [2.75, 3.05) is 20.0 Å². The fourth-order valence-corrected chi connectivity index (χ4v) is 1.56. The van der Waals surface area contributed by atoms with Crippen molar-refractivity contribution < 1.29 is 9.47 Å². The van der Waals surface area contributed by atoms with Crippen LogP contribution in [0.4, 0.5) is 5.69 Å². The molecule has 17 heavy (non-hydrogen) atoms. The molecule has 4 heteroatoms. The second kappa shape index (κ2) is 4.74. The summed E-state index contributed by atoms with van der Waals surface area (Å²) in [6.07, 6.45) is 0. The highest BCUT2D eigenvalue weighted by Gasteiger charge is 2.04. The van der Waals surface area contributed by atoms with E-state index in [2.05, 4.69) is 4.98 Å². The van der Waals surface area contributed by atoms with E-state index in [4.69, 9.17) is 15.2 Å². The Morgan fingerprint density at radius 1 is 1.06 bits per heavy atom. The number of nitrogens with zero attached hydrogens (tertiary/aromatic N) is 1. The second-order valence-electron chi connectivity index (χ2n) is 3.56. The minimum atomic E-state index is 0.503. The first kappa shape index (κ1) is 11.3. The zero-order valence-corrected chi connectivity index (χ0v) is 9.81. The molecule has 0 aliphatic heterocycles. The predicted molar refractivity (Wildman–Crippen MR) is 67.2 cm³/mol.